The highest BCUT2D eigenvalue weighted by Gasteiger charge is 2.23. The Labute approximate surface area is 80.6 Å². The quantitative estimate of drug-likeness (QED) is 0.779. The third-order valence-electron chi connectivity index (χ3n) is 1.94. The zero-order chi connectivity index (χ0) is 10.0. The molecule has 1 rings (SSSR count). The van der Waals surface area contributed by atoms with Gasteiger partial charge >= 0.3 is 5.97 Å². The average molecular weight is 200 g/mol. The molecule has 0 saturated heterocycles. The molecule has 2 N–H and O–H groups in total. The molecule has 2 unspecified atom stereocenters. The van der Waals surface area contributed by atoms with Gasteiger partial charge in [-0.2, -0.15) is 0 Å². The second-order valence-corrected chi connectivity index (χ2v) is 4.34. The molecule has 0 amide bonds. The molecule has 1 aromatic heterocycles. The lowest BCUT2D eigenvalue weighted by molar-refractivity contribution is -0.147. The highest BCUT2D eigenvalue weighted by atomic mass is 32.1. The number of carboxylic acid groups (broad SMARTS) is 1. The number of aliphatic carboxylic acids is 1. The number of aryl methyl sites for hydroxylation is 1. The topological polar surface area (TPSA) is 57.5 Å². The summed E-state index contributed by atoms with van der Waals surface area (Å²) < 4.78 is 0. The molecule has 0 aliphatic carbocycles. The normalized spacial score (nSPS) is 15.3. The first kappa shape index (κ1) is 10.2. The molecule has 0 fully saturated rings. The molecular formula is C9H12O3S. The molecule has 4 heteroatoms. The molecule has 0 aliphatic rings. The summed E-state index contributed by atoms with van der Waals surface area (Å²) in [7, 11) is 0. The summed E-state index contributed by atoms with van der Waals surface area (Å²) in [4.78, 5) is 12.5. The van der Waals surface area contributed by atoms with Crippen LogP contribution in [0.4, 0.5) is 0 Å². The van der Waals surface area contributed by atoms with Crippen molar-refractivity contribution in [2.45, 2.75) is 25.9 Å². The van der Waals surface area contributed by atoms with E-state index in [4.69, 9.17) is 5.11 Å². The highest BCUT2D eigenvalue weighted by Crippen LogP contribution is 2.26. The van der Waals surface area contributed by atoms with Crippen LogP contribution >= 0.6 is 11.3 Å². The number of hydrogen-bond acceptors (Lipinski definition) is 3. The van der Waals surface area contributed by atoms with Gasteiger partial charge in [-0.15, -0.1) is 11.3 Å². The average Bonchev–Trinajstić information content (AvgIpc) is 2.49. The molecule has 0 bridgehead atoms. The largest absolute Gasteiger partial charge is 0.479 e. The van der Waals surface area contributed by atoms with Crippen molar-refractivity contribution in [1.82, 2.24) is 0 Å². The van der Waals surface area contributed by atoms with Crippen molar-refractivity contribution < 1.29 is 15.0 Å². The molecule has 0 radical (unpaired) electrons. The summed E-state index contributed by atoms with van der Waals surface area (Å²) in [5, 5.41) is 17.8. The Bertz CT molecular complexity index is 306. The zero-order valence-electron chi connectivity index (χ0n) is 7.52. The summed E-state index contributed by atoms with van der Waals surface area (Å²) >= 11 is 1.52. The van der Waals surface area contributed by atoms with Gasteiger partial charge in [0.15, 0.2) is 6.10 Å². The van der Waals surface area contributed by atoms with Crippen LogP contribution in [0.15, 0.2) is 12.1 Å². The highest BCUT2D eigenvalue weighted by molar-refractivity contribution is 7.12. The maximum absolute atomic E-state index is 10.5. The van der Waals surface area contributed by atoms with Crippen LogP contribution in [0.2, 0.25) is 0 Å². The van der Waals surface area contributed by atoms with Crippen molar-refractivity contribution in [2.24, 2.45) is 0 Å². The summed E-state index contributed by atoms with van der Waals surface area (Å²) in [6, 6.07) is 3.78. The third kappa shape index (κ3) is 2.29. The van der Waals surface area contributed by atoms with Crippen molar-refractivity contribution in [3.63, 3.8) is 0 Å². The van der Waals surface area contributed by atoms with Crippen LogP contribution in [0.1, 0.15) is 22.6 Å². The number of hydrogen-bond donors (Lipinski definition) is 2. The van der Waals surface area contributed by atoms with Gasteiger partial charge in [0, 0.05) is 15.7 Å². The van der Waals surface area contributed by atoms with Crippen molar-refractivity contribution in [2.75, 3.05) is 0 Å². The van der Waals surface area contributed by atoms with E-state index in [0.717, 1.165) is 9.75 Å². The predicted octanol–water partition coefficient (Wildman–Crippen LogP) is 1.61. The van der Waals surface area contributed by atoms with E-state index in [2.05, 4.69) is 0 Å². The third-order valence-corrected chi connectivity index (χ3v) is 3.14. The second kappa shape index (κ2) is 3.89. The van der Waals surface area contributed by atoms with Gasteiger partial charge in [-0.05, 0) is 19.1 Å². The smallest absolute Gasteiger partial charge is 0.333 e. The standard InChI is InChI=1S/C9H12O3S/c1-5-3-4-7(13-5)6(2)8(10)9(11)12/h3-4,6,8,10H,1-2H3,(H,11,12). The van der Waals surface area contributed by atoms with Crippen molar-refractivity contribution in [3.8, 4) is 0 Å². The fourth-order valence-corrected chi connectivity index (χ4v) is 2.03. The van der Waals surface area contributed by atoms with Gasteiger partial charge in [0.2, 0.25) is 0 Å². The number of carboxylic acids is 1. The van der Waals surface area contributed by atoms with E-state index in [0.29, 0.717) is 0 Å². The Morgan fingerprint density at radius 1 is 1.54 bits per heavy atom. The monoisotopic (exact) mass is 200 g/mol. The van der Waals surface area contributed by atoms with Crippen LogP contribution in [0.3, 0.4) is 0 Å². The number of rotatable bonds is 3. The second-order valence-electron chi connectivity index (χ2n) is 3.02. The molecule has 0 spiro atoms. The molecular weight excluding hydrogens is 188 g/mol. The Hall–Kier alpha value is -0.870. The Kier molecular flexibility index (Phi) is 3.06. The van der Waals surface area contributed by atoms with Crippen molar-refractivity contribution >= 4 is 17.3 Å². The van der Waals surface area contributed by atoms with Crippen LogP contribution in [0.5, 0.6) is 0 Å². The summed E-state index contributed by atoms with van der Waals surface area (Å²) in [5.41, 5.74) is 0. The van der Waals surface area contributed by atoms with Gasteiger partial charge in [-0.3, -0.25) is 0 Å². The van der Waals surface area contributed by atoms with Crippen LogP contribution in [0.25, 0.3) is 0 Å². The molecule has 72 valence electrons. The van der Waals surface area contributed by atoms with Gasteiger partial charge < -0.3 is 10.2 Å². The molecule has 0 aromatic carbocycles. The minimum absolute atomic E-state index is 0.337. The van der Waals surface area contributed by atoms with E-state index in [9.17, 15) is 9.90 Å². The summed E-state index contributed by atoms with van der Waals surface area (Å²) in [5.74, 6) is -1.50. The molecule has 0 aliphatic heterocycles. The van der Waals surface area contributed by atoms with Crippen molar-refractivity contribution in [3.05, 3.63) is 21.9 Å². The number of thiophene rings is 1. The lowest BCUT2D eigenvalue weighted by Crippen LogP contribution is -2.25. The van der Waals surface area contributed by atoms with Gasteiger partial charge in [-0.25, -0.2) is 4.79 Å². The maximum Gasteiger partial charge on any atom is 0.333 e. The number of aliphatic hydroxyl groups excluding tert-OH is 1. The Balaban J connectivity index is 2.78. The molecule has 1 aromatic rings. The van der Waals surface area contributed by atoms with Gasteiger partial charge in [-0.1, -0.05) is 6.92 Å². The fraction of sp³-hybridized carbons (Fsp3) is 0.444. The predicted molar refractivity (Wildman–Crippen MR) is 51.1 cm³/mol. The molecule has 3 nitrogen and oxygen atoms in total. The van der Waals surface area contributed by atoms with Crippen molar-refractivity contribution in [1.29, 1.82) is 0 Å². The van der Waals surface area contributed by atoms with E-state index in [1.165, 1.54) is 11.3 Å². The molecule has 13 heavy (non-hydrogen) atoms. The molecule has 2 atom stereocenters. The van der Waals surface area contributed by atoms with Crippen LogP contribution < -0.4 is 0 Å². The maximum atomic E-state index is 10.5. The first-order valence-corrected chi connectivity index (χ1v) is 4.81. The summed E-state index contributed by atoms with van der Waals surface area (Å²) in [6.07, 6.45) is -1.31. The van der Waals surface area contributed by atoms with Gasteiger partial charge in [0.1, 0.15) is 0 Å². The van der Waals surface area contributed by atoms with E-state index in [1.807, 2.05) is 19.1 Å². The Morgan fingerprint density at radius 2 is 2.15 bits per heavy atom. The fourth-order valence-electron chi connectivity index (χ4n) is 1.07. The van der Waals surface area contributed by atoms with E-state index < -0.39 is 12.1 Å². The minimum atomic E-state index is -1.31. The molecule has 0 saturated carbocycles. The minimum Gasteiger partial charge on any atom is -0.479 e. The zero-order valence-corrected chi connectivity index (χ0v) is 8.34. The first-order valence-electron chi connectivity index (χ1n) is 3.99. The van der Waals surface area contributed by atoms with E-state index in [1.54, 1.807) is 6.92 Å². The van der Waals surface area contributed by atoms with Gasteiger partial charge in [0.25, 0.3) is 0 Å². The number of carbonyl (C=O) groups is 1. The van der Waals surface area contributed by atoms with Crippen LogP contribution in [0, 0.1) is 6.92 Å². The first-order chi connectivity index (χ1) is 6.02. The van der Waals surface area contributed by atoms with Crippen LogP contribution in [-0.2, 0) is 4.79 Å². The summed E-state index contributed by atoms with van der Waals surface area (Å²) in [6.45, 7) is 3.66. The Morgan fingerprint density at radius 3 is 2.54 bits per heavy atom. The molecule has 1 heterocycles. The van der Waals surface area contributed by atoms with Gasteiger partial charge in [0.05, 0.1) is 0 Å². The van der Waals surface area contributed by atoms with E-state index in [-0.39, 0.29) is 5.92 Å². The van der Waals surface area contributed by atoms with Crippen LogP contribution in [-0.4, -0.2) is 22.3 Å². The SMILES string of the molecule is Cc1ccc(C(C)C(O)C(=O)O)s1. The number of aliphatic hydroxyl groups is 1. The van der Waals surface area contributed by atoms with E-state index >= 15 is 0 Å². The lowest BCUT2D eigenvalue weighted by Gasteiger charge is -2.12. The lowest BCUT2D eigenvalue weighted by atomic mass is 10.0.